The molecule has 0 spiro atoms. The van der Waals surface area contributed by atoms with Gasteiger partial charge in [-0.25, -0.2) is 4.79 Å². The number of terminal acetylenes is 1. The van der Waals surface area contributed by atoms with Crippen LogP contribution < -0.4 is 5.32 Å². The molecule has 3 nitrogen and oxygen atoms in total. The smallest absolute Gasteiger partial charge is 0.407 e. The zero-order chi connectivity index (χ0) is 13.6. The fourth-order valence-electron chi connectivity index (χ4n) is 1.49. The van der Waals surface area contributed by atoms with E-state index in [-0.39, 0.29) is 0 Å². The molecule has 1 rings (SSSR count). The number of carbonyl (C=O) groups is 1. The lowest BCUT2D eigenvalue weighted by Gasteiger charge is -2.19. The summed E-state index contributed by atoms with van der Waals surface area (Å²) in [4.78, 5) is 11.4. The summed E-state index contributed by atoms with van der Waals surface area (Å²) in [5.74, 6) is 2.63. The van der Waals surface area contributed by atoms with Gasteiger partial charge in [-0.1, -0.05) is 24.1 Å². The molecule has 96 valence electrons. The average Bonchev–Trinajstić information content (AvgIpc) is 2.27. The predicted molar refractivity (Wildman–Crippen MR) is 72.3 cm³/mol. The number of alkyl carbamates (subject to hydrolysis) is 1. The van der Waals surface area contributed by atoms with Gasteiger partial charge in [0.1, 0.15) is 5.60 Å². The summed E-state index contributed by atoms with van der Waals surface area (Å²) in [6, 6.07) is 7.69. The lowest BCUT2D eigenvalue weighted by atomic mass is 10.1. The van der Waals surface area contributed by atoms with Crippen molar-refractivity contribution in [3.05, 3.63) is 35.4 Å². The molecule has 0 atom stereocenters. The molecule has 0 bridgehead atoms. The third-order valence-corrected chi connectivity index (χ3v) is 2.24. The van der Waals surface area contributed by atoms with Crippen molar-refractivity contribution < 1.29 is 9.53 Å². The molecule has 0 fully saturated rings. The Morgan fingerprint density at radius 3 is 2.67 bits per heavy atom. The van der Waals surface area contributed by atoms with Gasteiger partial charge in [-0.3, -0.25) is 0 Å². The number of amides is 1. The molecule has 0 aromatic heterocycles. The van der Waals surface area contributed by atoms with Crippen molar-refractivity contribution in [2.24, 2.45) is 0 Å². The van der Waals surface area contributed by atoms with E-state index >= 15 is 0 Å². The van der Waals surface area contributed by atoms with E-state index in [1.54, 1.807) is 0 Å². The van der Waals surface area contributed by atoms with E-state index < -0.39 is 11.7 Å². The Labute approximate surface area is 109 Å². The lowest BCUT2D eigenvalue weighted by Crippen LogP contribution is -2.33. The van der Waals surface area contributed by atoms with Crippen molar-refractivity contribution in [3.63, 3.8) is 0 Å². The third kappa shape index (κ3) is 4.92. The minimum atomic E-state index is -0.471. The van der Waals surface area contributed by atoms with Crippen molar-refractivity contribution in [2.45, 2.75) is 32.8 Å². The zero-order valence-electron chi connectivity index (χ0n) is 11.1. The van der Waals surface area contributed by atoms with Gasteiger partial charge in [0.25, 0.3) is 0 Å². The minimum Gasteiger partial charge on any atom is -0.444 e. The van der Waals surface area contributed by atoms with Gasteiger partial charge >= 0.3 is 6.09 Å². The molecule has 0 saturated heterocycles. The van der Waals surface area contributed by atoms with Gasteiger partial charge in [-0.2, -0.15) is 0 Å². The standard InChI is InChI=1S/C15H19NO2/c1-5-12-8-6-7-9-13(12)10-11-16-14(17)18-15(2,3)4/h1,6-9H,10-11H2,2-4H3,(H,16,17). The summed E-state index contributed by atoms with van der Waals surface area (Å²) in [6.45, 7) is 6.01. The zero-order valence-corrected chi connectivity index (χ0v) is 11.1. The first-order chi connectivity index (χ1) is 8.42. The van der Waals surface area contributed by atoms with E-state index in [1.807, 2.05) is 45.0 Å². The van der Waals surface area contributed by atoms with Crippen LogP contribution in [0.25, 0.3) is 0 Å². The molecular weight excluding hydrogens is 226 g/mol. The van der Waals surface area contributed by atoms with Crippen LogP contribution >= 0.6 is 0 Å². The average molecular weight is 245 g/mol. The van der Waals surface area contributed by atoms with Crippen molar-refractivity contribution in [1.82, 2.24) is 5.32 Å². The second-order valence-electron chi connectivity index (χ2n) is 4.98. The van der Waals surface area contributed by atoms with Gasteiger partial charge in [0.15, 0.2) is 0 Å². The first kappa shape index (κ1) is 14.1. The molecule has 0 aliphatic heterocycles. The fraction of sp³-hybridized carbons (Fsp3) is 0.400. The molecule has 1 aromatic carbocycles. The Balaban J connectivity index is 2.43. The minimum absolute atomic E-state index is 0.402. The van der Waals surface area contributed by atoms with Crippen LogP contribution in [0.4, 0.5) is 4.79 Å². The predicted octanol–water partition coefficient (Wildman–Crippen LogP) is 2.74. The Kier molecular flexibility index (Phi) is 4.79. The number of carbonyl (C=O) groups excluding carboxylic acids is 1. The summed E-state index contributed by atoms with van der Waals surface area (Å²) >= 11 is 0. The summed E-state index contributed by atoms with van der Waals surface area (Å²) in [5.41, 5.74) is 1.44. The van der Waals surface area contributed by atoms with Crippen LogP contribution in [0, 0.1) is 12.3 Å². The topological polar surface area (TPSA) is 38.3 Å². The highest BCUT2D eigenvalue weighted by atomic mass is 16.6. The van der Waals surface area contributed by atoms with Crippen LogP contribution in [-0.4, -0.2) is 18.2 Å². The highest BCUT2D eigenvalue weighted by molar-refractivity contribution is 5.67. The number of hydrogen-bond acceptors (Lipinski definition) is 2. The molecular formula is C15H19NO2. The molecule has 0 heterocycles. The van der Waals surface area contributed by atoms with Gasteiger partial charge in [-0.05, 0) is 38.8 Å². The quantitative estimate of drug-likeness (QED) is 0.831. The van der Waals surface area contributed by atoms with Gasteiger partial charge in [-0.15, -0.1) is 6.42 Å². The number of hydrogen-bond donors (Lipinski definition) is 1. The van der Waals surface area contributed by atoms with Crippen LogP contribution in [-0.2, 0) is 11.2 Å². The molecule has 0 saturated carbocycles. The van der Waals surface area contributed by atoms with Crippen molar-refractivity contribution >= 4 is 6.09 Å². The van der Waals surface area contributed by atoms with Crippen LogP contribution in [0.3, 0.4) is 0 Å². The lowest BCUT2D eigenvalue weighted by molar-refractivity contribution is 0.0528. The van der Waals surface area contributed by atoms with Crippen LogP contribution in [0.5, 0.6) is 0 Å². The molecule has 3 heteroatoms. The number of nitrogens with one attached hydrogen (secondary N) is 1. The summed E-state index contributed by atoms with van der Waals surface area (Å²) in [5, 5.41) is 2.71. The first-order valence-electron chi connectivity index (χ1n) is 5.94. The van der Waals surface area contributed by atoms with Gasteiger partial charge in [0.05, 0.1) is 0 Å². The number of ether oxygens (including phenoxy) is 1. The van der Waals surface area contributed by atoms with E-state index in [9.17, 15) is 4.79 Å². The van der Waals surface area contributed by atoms with E-state index in [2.05, 4.69) is 11.2 Å². The maximum atomic E-state index is 11.4. The summed E-state index contributed by atoms with van der Waals surface area (Å²) in [6.07, 6.45) is 5.70. The molecule has 0 radical (unpaired) electrons. The first-order valence-corrected chi connectivity index (χ1v) is 5.94. The highest BCUT2D eigenvalue weighted by Crippen LogP contribution is 2.08. The number of rotatable bonds is 3. The largest absolute Gasteiger partial charge is 0.444 e. The maximum absolute atomic E-state index is 11.4. The second kappa shape index (κ2) is 6.11. The maximum Gasteiger partial charge on any atom is 0.407 e. The van der Waals surface area contributed by atoms with Crippen LogP contribution in [0.15, 0.2) is 24.3 Å². The molecule has 18 heavy (non-hydrogen) atoms. The molecule has 0 unspecified atom stereocenters. The van der Waals surface area contributed by atoms with Gasteiger partial charge < -0.3 is 10.1 Å². The van der Waals surface area contributed by atoms with E-state index in [0.717, 1.165) is 11.1 Å². The van der Waals surface area contributed by atoms with Crippen molar-refractivity contribution in [2.75, 3.05) is 6.54 Å². The van der Waals surface area contributed by atoms with E-state index in [4.69, 9.17) is 11.2 Å². The molecule has 1 amide bonds. The Morgan fingerprint density at radius 1 is 1.39 bits per heavy atom. The molecule has 1 N–H and O–H groups in total. The Bertz CT molecular complexity index is 452. The summed E-state index contributed by atoms with van der Waals surface area (Å²) in [7, 11) is 0. The van der Waals surface area contributed by atoms with E-state index in [1.165, 1.54) is 0 Å². The third-order valence-electron chi connectivity index (χ3n) is 2.24. The fourth-order valence-corrected chi connectivity index (χ4v) is 1.49. The Hall–Kier alpha value is -1.95. The van der Waals surface area contributed by atoms with Crippen LogP contribution in [0.1, 0.15) is 31.9 Å². The second-order valence-corrected chi connectivity index (χ2v) is 4.98. The molecule has 0 aliphatic rings. The number of benzene rings is 1. The van der Waals surface area contributed by atoms with E-state index in [0.29, 0.717) is 13.0 Å². The van der Waals surface area contributed by atoms with Crippen molar-refractivity contribution in [1.29, 1.82) is 0 Å². The van der Waals surface area contributed by atoms with Crippen LogP contribution in [0.2, 0.25) is 0 Å². The SMILES string of the molecule is C#Cc1ccccc1CCNC(=O)OC(C)(C)C. The van der Waals surface area contributed by atoms with Crippen molar-refractivity contribution in [3.8, 4) is 12.3 Å². The monoisotopic (exact) mass is 245 g/mol. The molecule has 1 aromatic rings. The summed E-state index contributed by atoms with van der Waals surface area (Å²) < 4.78 is 5.14. The molecule has 0 aliphatic carbocycles. The van der Waals surface area contributed by atoms with Gasteiger partial charge in [0, 0.05) is 12.1 Å². The van der Waals surface area contributed by atoms with Gasteiger partial charge in [0.2, 0.25) is 0 Å². The normalized spacial score (nSPS) is 10.6. The Morgan fingerprint density at radius 2 is 2.06 bits per heavy atom. The highest BCUT2D eigenvalue weighted by Gasteiger charge is 2.15.